The average Bonchev–Trinajstić information content (AvgIpc) is 2.33. The predicted octanol–water partition coefficient (Wildman–Crippen LogP) is 3.75. The molecule has 2 aromatic carbocycles. The van der Waals surface area contributed by atoms with Crippen molar-refractivity contribution in [1.29, 1.82) is 0 Å². The summed E-state index contributed by atoms with van der Waals surface area (Å²) >= 11 is 0. The summed E-state index contributed by atoms with van der Waals surface area (Å²) in [4.78, 5) is 0. The molecule has 0 aliphatic heterocycles. The molecule has 2 heteroatoms. The molecule has 1 N–H and O–H groups in total. The third kappa shape index (κ3) is 2.54. The maximum absolute atomic E-state index is 5.11. The van der Waals surface area contributed by atoms with Crippen molar-refractivity contribution < 1.29 is 4.74 Å². The number of ether oxygens (including phenoxy) is 1. The van der Waals surface area contributed by atoms with Crippen LogP contribution in [0.25, 0.3) is 0 Å². The maximum atomic E-state index is 5.11. The van der Waals surface area contributed by atoms with Crippen LogP contribution in [0, 0.1) is 6.92 Å². The van der Waals surface area contributed by atoms with Crippen molar-refractivity contribution in [3.63, 3.8) is 0 Å². The molecule has 0 radical (unpaired) electrons. The molecule has 16 heavy (non-hydrogen) atoms. The SMILES string of the molecule is COc1ccc(Nc2ccc(C)cc2)cc1. The Labute approximate surface area is 95.9 Å². The van der Waals surface area contributed by atoms with Gasteiger partial charge in [0.25, 0.3) is 0 Å². The molecule has 0 amide bonds. The minimum Gasteiger partial charge on any atom is -0.497 e. The lowest BCUT2D eigenvalue weighted by Gasteiger charge is -2.07. The summed E-state index contributed by atoms with van der Waals surface area (Å²) < 4.78 is 5.11. The van der Waals surface area contributed by atoms with Crippen molar-refractivity contribution >= 4 is 11.4 Å². The van der Waals surface area contributed by atoms with Crippen molar-refractivity contribution in [3.05, 3.63) is 54.1 Å². The molecule has 0 atom stereocenters. The molecule has 82 valence electrons. The Morgan fingerprint density at radius 3 is 1.81 bits per heavy atom. The molecule has 0 spiro atoms. The van der Waals surface area contributed by atoms with Crippen LogP contribution in [0.3, 0.4) is 0 Å². The third-order valence-electron chi connectivity index (χ3n) is 2.43. The molecule has 0 unspecified atom stereocenters. The minimum absolute atomic E-state index is 0.870. The van der Waals surface area contributed by atoms with Crippen LogP contribution >= 0.6 is 0 Å². The summed E-state index contributed by atoms with van der Waals surface area (Å²) in [5.74, 6) is 0.870. The first-order valence-electron chi connectivity index (χ1n) is 5.26. The van der Waals surface area contributed by atoms with Crippen LogP contribution in [0.1, 0.15) is 5.56 Å². The van der Waals surface area contributed by atoms with Gasteiger partial charge in [-0.05, 0) is 43.3 Å². The van der Waals surface area contributed by atoms with Crippen LogP contribution in [0.4, 0.5) is 11.4 Å². The lowest BCUT2D eigenvalue weighted by molar-refractivity contribution is 0.415. The van der Waals surface area contributed by atoms with Crippen molar-refractivity contribution in [1.82, 2.24) is 0 Å². The molecule has 0 aliphatic rings. The topological polar surface area (TPSA) is 21.3 Å². The van der Waals surface area contributed by atoms with E-state index in [4.69, 9.17) is 4.74 Å². The Kier molecular flexibility index (Phi) is 3.10. The highest BCUT2D eigenvalue weighted by Crippen LogP contribution is 2.19. The van der Waals surface area contributed by atoms with E-state index >= 15 is 0 Å². The van der Waals surface area contributed by atoms with Gasteiger partial charge in [0, 0.05) is 11.4 Å². The second-order valence-corrected chi connectivity index (χ2v) is 3.72. The van der Waals surface area contributed by atoms with Gasteiger partial charge in [-0.25, -0.2) is 0 Å². The zero-order valence-corrected chi connectivity index (χ0v) is 9.53. The molecule has 0 heterocycles. The monoisotopic (exact) mass is 213 g/mol. The number of rotatable bonds is 3. The quantitative estimate of drug-likeness (QED) is 0.838. The van der Waals surface area contributed by atoms with Gasteiger partial charge in [-0.3, -0.25) is 0 Å². The number of nitrogens with one attached hydrogen (secondary N) is 1. The standard InChI is InChI=1S/C14H15NO/c1-11-3-5-12(6-4-11)15-13-7-9-14(16-2)10-8-13/h3-10,15H,1-2H3. The van der Waals surface area contributed by atoms with Gasteiger partial charge in [0.2, 0.25) is 0 Å². The second-order valence-electron chi connectivity index (χ2n) is 3.72. The Balaban J connectivity index is 2.11. The first-order chi connectivity index (χ1) is 7.78. The molecule has 0 fully saturated rings. The van der Waals surface area contributed by atoms with Gasteiger partial charge in [0.15, 0.2) is 0 Å². The summed E-state index contributed by atoms with van der Waals surface area (Å²) in [6.45, 7) is 2.08. The maximum Gasteiger partial charge on any atom is 0.119 e. The Hall–Kier alpha value is -1.96. The van der Waals surface area contributed by atoms with Crippen LogP contribution in [-0.2, 0) is 0 Å². The molecule has 2 nitrogen and oxygen atoms in total. The van der Waals surface area contributed by atoms with Gasteiger partial charge in [-0.2, -0.15) is 0 Å². The highest BCUT2D eigenvalue weighted by Gasteiger charge is 1.95. The van der Waals surface area contributed by atoms with Gasteiger partial charge >= 0.3 is 0 Å². The van der Waals surface area contributed by atoms with Gasteiger partial charge in [-0.15, -0.1) is 0 Å². The van der Waals surface area contributed by atoms with Crippen molar-refractivity contribution in [2.24, 2.45) is 0 Å². The fourth-order valence-corrected chi connectivity index (χ4v) is 1.48. The molecule has 0 bridgehead atoms. The van der Waals surface area contributed by atoms with E-state index in [0.29, 0.717) is 0 Å². The number of anilines is 2. The van der Waals surface area contributed by atoms with Crippen LogP contribution in [-0.4, -0.2) is 7.11 Å². The minimum atomic E-state index is 0.870. The van der Waals surface area contributed by atoms with Crippen LogP contribution < -0.4 is 10.1 Å². The van der Waals surface area contributed by atoms with Crippen LogP contribution in [0.5, 0.6) is 5.75 Å². The first-order valence-corrected chi connectivity index (χ1v) is 5.26. The molecule has 0 saturated carbocycles. The normalized spacial score (nSPS) is 9.88. The summed E-state index contributed by atoms with van der Waals surface area (Å²) in [5, 5.41) is 3.33. The number of hydrogen-bond donors (Lipinski definition) is 1. The number of hydrogen-bond acceptors (Lipinski definition) is 2. The average molecular weight is 213 g/mol. The largest absolute Gasteiger partial charge is 0.497 e. The van der Waals surface area contributed by atoms with E-state index < -0.39 is 0 Å². The molecule has 0 saturated heterocycles. The van der Waals surface area contributed by atoms with E-state index in [1.54, 1.807) is 7.11 Å². The van der Waals surface area contributed by atoms with E-state index in [0.717, 1.165) is 17.1 Å². The second kappa shape index (κ2) is 4.71. The molecular formula is C14H15NO. The predicted molar refractivity (Wildman–Crippen MR) is 67.5 cm³/mol. The fraction of sp³-hybridized carbons (Fsp3) is 0.143. The zero-order valence-electron chi connectivity index (χ0n) is 9.53. The number of aryl methyl sites for hydroxylation is 1. The van der Waals surface area contributed by atoms with E-state index in [1.807, 2.05) is 24.3 Å². The van der Waals surface area contributed by atoms with Gasteiger partial charge in [-0.1, -0.05) is 17.7 Å². The van der Waals surface area contributed by atoms with Crippen molar-refractivity contribution in [2.75, 3.05) is 12.4 Å². The van der Waals surface area contributed by atoms with Crippen molar-refractivity contribution in [2.45, 2.75) is 6.92 Å². The third-order valence-corrected chi connectivity index (χ3v) is 2.43. The van der Waals surface area contributed by atoms with Gasteiger partial charge in [0.1, 0.15) is 5.75 Å². The number of benzene rings is 2. The molecule has 2 aromatic rings. The van der Waals surface area contributed by atoms with Crippen molar-refractivity contribution in [3.8, 4) is 5.75 Å². The molecule has 2 rings (SSSR count). The Morgan fingerprint density at radius 2 is 1.31 bits per heavy atom. The van der Waals surface area contributed by atoms with Gasteiger partial charge in [0.05, 0.1) is 7.11 Å². The van der Waals surface area contributed by atoms with Crippen LogP contribution in [0.2, 0.25) is 0 Å². The smallest absolute Gasteiger partial charge is 0.119 e. The van der Waals surface area contributed by atoms with Gasteiger partial charge < -0.3 is 10.1 Å². The summed E-state index contributed by atoms with van der Waals surface area (Å²) in [5.41, 5.74) is 3.42. The van der Waals surface area contributed by atoms with E-state index in [2.05, 4.69) is 36.5 Å². The fourth-order valence-electron chi connectivity index (χ4n) is 1.48. The lowest BCUT2D eigenvalue weighted by atomic mass is 10.2. The molecular weight excluding hydrogens is 198 g/mol. The van der Waals surface area contributed by atoms with E-state index in [9.17, 15) is 0 Å². The lowest BCUT2D eigenvalue weighted by Crippen LogP contribution is -1.90. The van der Waals surface area contributed by atoms with Crippen LogP contribution in [0.15, 0.2) is 48.5 Å². The highest BCUT2D eigenvalue weighted by molar-refractivity contribution is 5.60. The Bertz CT molecular complexity index is 445. The zero-order chi connectivity index (χ0) is 11.4. The highest BCUT2D eigenvalue weighted by atomic mass is 16.5. The first kappa shape index (κ1) is 10.6. The summed E-state index contributed by atoms with van der Waals surface area (Å²) in [7, 11) is 1.67. The molecule has 0 aromatic heterocycles. The Morgan fingerprint density at radius 1 is 0.812 bits per heavy atom. The van der Waals surface area contributed by atoms with E-state index in [1.165, 1.54) is 5.56 Å². The number of methoxy groups -OCH3 is 1. The summed E-state index contributed by atoms with van der Waals surface area (Å²) in [6.07, 6.45) is 0. The summed E-state index contributed by atoms with van der Waals surface area (Å²) in [6, 6.07) is 16.2. The molecule has 0 aliphatic carbocycles. The van der Waals surface area contributed by atoms with E-state index in [-0.39, 0.29) is 0 Å².